The van der Waals surface area contributed by atoms with Gasteiger partial charge in [-0.1, -0.05) is 11.6 Å². The molecule has 0 amide bonds. The predicted octanol–water partition coefficient (Wildman–Crippen LogP) is -0.425. The summed E-state index contributed by atoms with van der Waals surface area (Å²) in [5, 5.41) is 9.29. The van der Waals surface area contributed by atoms with Crippen molar-refractivity contribution in [3.8, 4) is 5.75 Å². The maximum atomic E-state index is 11.1. The molecule has 0 aliphatic carbocycles. The summed E-state index contributed by atoms with van der Waals surface area (Å²) in [7, 11) is 1.50. The molecule has 0 aromatic carbocycles. The van der Waals surface area contributed by atoms with E-state index in [0.29, 0.717) is 17.9 Å². The third-order valence-electron chi connectivity index (χ3n) is 1.75. The number of carbonyl (C=O) groups excluding carboxylic acids is 1. The zero-order valence-electron chi connectivity index (χ0n) is 11.3. The van der Waals surface area contributed by atoms with Crippen molar-refractivity contribution in [3.63, 3.8) is 0 Å². The molecular formula is C11H12ClN2NaO5. The van der Waals surface area contributed by atoms with E-state index < -0.39 is 5.97 Å². The smallest absolute Gasteiger partial charge is 0.494 e. The van der Waals surface area contributed by atoms with Crippen LogP contribution < -0.4 is 34.3 Å². The largest absolute Gasteiger partial charge is 1.00 e. The summed E-state index contributed by atoms with van der Waals surface area (Å²) in [5.41, 5.74) is 0.717. The number of rotatable bonds is 4. The minimum absolute atomic E-state index is 0. The summed E-state index contributed by atoms with van der Waals surface area (Å²) in [6.45, 7) is 2.10. The fourth-order valence-electron chi connectivity index (χ4n) is 1.03. The van der Waals surface area contributed by atoms with E-state index >= 15 is 0 Å². The summed E-state index contributed by atoms with van der Waals surface area (Å²) in [4.78, 5) is 23.0. The van der Waals surface area contributed by atoms with E-state index in [9.17, 15) is 4.79 Å². The van der Waals surface area contributed by atoms with Crippen LogP contribution >= 0.6 is 11.6 Å². The Morgan fingerprint density at radius 2 is 2.20 bits per heavy atom. The minimum atomic E-state index is -0.392. The number of esters is 1. The van der Waals surface area contributed by atoms with Gasteiger partial charge in [-0.2, -0.15) is 0 Å². The molecule has 0 spiro atoms. The van der Waals surface area contributed by atoms with E-state index in [4.69, 9.17) is 31.2 Å². The second kappa shape index (κ2) is 12.9. The Morgan fingerprint density at radius 3 is 2.70 bits per heavy atom. The molecule has 7 nitrogen and oxygen atoms in total. The molecule has 0 aliphatic heterocycles. The summed E-state index contributed by atoms with van der Waals surface area (Å²) in [6, 6.07) is 1.69. The quantitative estimate of drug-likeness (QED) is 0.187. The first-order chi connectivity index (χ1) is 9.08. The zero-order chi connectivity index (χ0) is 14.7. The molecule has 9 heteroatoms. The van der Waals surface area contributed by atoms with Crippen LogP contribution in [0.4, 0.5) is 0 Å². The topological polar surface area (TPSA) is 101 Å². The third kappa shape index (κ3) is 8.87. The number of hydrogen-bond acceptors (Lipinski definition) is 7. The Hall–Kier alpha value is -1.15. The summed E-state index contributed by atoms with van der Waals surface area (Å²) in [5.74, 6) is 0.0732. The SMILES string of the molecule is CCOC(=O)C=Cc1cnc(Cl)c(OC)c1.O=N[O-].[Na+]. The second-order valence-corrected chi connectivity index (χ2v) is 3.28. The van der Waals surface area contributed by atoms with Crippen LogP contribution in [0.15, 0.2) is 23.7 Å². The van der Waals surface area contributed by atoms with Crippen LogP contribution in [0.1, 0.15) is 12.5 Å². The Labute approximate surface area is 143 Å². The van der Waals surface area contributed by atoms with Crippen molar-refractivity contribution in [1.82, 2.24) is 4.98 Å². The average molecular weight is 311 g/mol. The van der Waals surface area contributed by atoms with E-state index in [2.05, 4.69) is 4.98 Å². The van der Waals surface area contributed by atoms with Crippen LogP contribution in [0.2, 0.25) is 5.15 Å². The molecule has 0 bridgehead atoms. The number of aromatic nitrogens is 1. The zero-order valence-corrected chi connectivity index (χ0v) is 14.1. The van der Waals surface area contributed by atoms with Gasteiger partial charge in [-0.15, -0.1) is 5.34 Å². The molecule has 0 saturated carbocycles. The van der Waals surface area contributed by atoms with E-state index in [0.717, 1.165) is 5.34 Å². The molecule has 0 radical (unpaired) electrons. The molecule has 0 aliphatic rings. The van der Waals surface area contributed by atoms with Crippen molar-refractivity contribution in [2.24, 2.45) is 5.34 Å². The molecule has 0 atom stereocenters. The molecule has 1 aromatic heterocycles. The van der Waals surface area contributed by atoms with Crippen molar-refractivity contribution < 1.29 is 43.8 Å². The van der Waals surface area contributed by atoms with Gasteiger partial charge >= 0.3 is 35.5 Å². The number of halogens is 1. The third-order valence-corrected chi connectivity index (χ3v) is 2.03. The number of methoxy groups -OCH3 is 1. The molecule has 20 heavy (non-hydrogen) atoms. The van der Waals surface area contributed by atoms with Gasteiger partial charge in [0.2, 0.25) is 0 Å². The van der Waals surface area contributed by atoms with Gasteiger partial charge in [0, 0.05) is 12.3 Å². The average Bonchev–Trinajstić information content (AvgIpc) is 2.39. The normalized spacial score (nSPS) is 8.95. The number of nitrogens with zero attached hydrogens (tertiary/aromatic N) is 2. The molecule has 104 valence electrons. The van der Waals surface area contributed by atoms with Crippen LogP contribution in [-0.4, -0.2) is 24.7 Å². The van der Waals surface area contributed by atoms with Crippen LogP contribution in [-0.2, 0) is 9.53 Å². The summed E-state index contributed by atoms with van der Waals surface area (Å²) < 4.78 is 9.74. The molecule has 0 fully saturated rings. The van der Waals surface area contributed by atoms with Gasteiger partial charge in [-0.3, -0.25) is 0 Å². The second-order valence-electron chi connectivity index (χ2n) is 2.92. The molecule has 0 N–H and O–H groups in total. The van der Waals surface area contributed by atoms with Gasteiger partial charge in [0.05, 0.1) is 13.7 Å². The van der Waals surface area contributed by atoms with Gasteiger partial charge in [-0.05, 0) is 24.6 Å². The maximum absolute atomic E-state index is 11.1. The predicted molar refractivity (Wildman–Crippen MR) is 70.6 cm³/mol. The number of hydrogen-bond donors (Lipinski definition) is 0. The molecule has 1 rings (SSSR count). The van der Waals surface area contributed by atoms with E-state index in [1.807, 2.05) is 0 Å². The Kier molecular flexibility index (Phi) is 13.6. The molecule has 0 saturated heterocycles. The standard InChI is InChI=1S/C11H12ClNO3.HNO2.Na/c1-3-16-10(14)5-4-8-6-9(15-2)11(12)13-7-8;2-1-3;/h4-7H,3H2,1-2H3;(H,2,3);/q;;+1/p-1. The number of pyridine rings is 1. The van der Waals surface area contributed by atoms with Crippen molar-refractivity contribution in [2.75, 3.05) is 13.7 Å². The van der Waals surface area contributed by atoms with Crippen molar-refractivity contribution in [3.05, 3.63) is 39.2 Å². The number of carbonyl (C=O) groups is 1. The van der Waals surface area contributed by atoms with Gasteiger partial charge in [0.15, 0.2) is 10.9 Å². The van der Waals surface area contributed by atoms with E-state index in [1.165, 1.54) is 13.2 Å². The van der Waals surface area contributed by atoms with Crippen LogP contribution in [0, 0.1) is 10.1 Å². The van der Waals surface area contributed by atoms with Gasteiger partial charge in [0.25, 0.3) is 0 Å². The molecule has 1 heterocycles. The van der Waals surface area contributed by atoms with Gasteiger partial charge in [-0.25, -0.2) is 9.78 Å². The number of ether oxygens (including phenoxy) is 2. The van der Waals surface area contributed by atoms with Crippen LogP contribution in [0.25, 0.3) is 6.08 Å². The fraction of sp³-hybridized carbons (Fsp3) is 0.273. The van der Waals surface area contributed by atoms with E-state index in [1.54, 1.807) is 25.3 Å². The first-order valence-corrected chi connectivity index (χ1v) is 5.46. The Balaban J connectivity index is 0. The minimum Gasteiger partial charge on any atom is -0.494 e. The van der Waals surface area contributed by atoms with Crippen molar-refractivity contribution in [2.45, 2.75) is 6.92 Å². The fourth-order valence-corrected chi connectivity index (χ4v) is 1.21. The van der Waals surface area contributed by atoms with Crippen LogP contribution in [0.5, 0.6) is 5.75 Å². The Morgan fingerprint density at radius 1 is 1.60 bits per heavy atom. The molecule has 0 unspecified atom stereocenters. The first-order valence-electron chi connectivity index (χ1n) is 5.08. The first kappa shape index (κ1) is 21.2. The summed E-state index contributed by atoms with van der Waals surface area (Å²) >= 11 is 5.76. The molecular weight excluding hydrogens is 299 g/mol. The van der Waals surface area contributed by atoms with Crippen molar-refractivity contribution in [1.29, 1.82) is 0 Å². The van der Waals surface area contributed by atoms with Gasteiger partial charge in [0.1, 0.15) is 0 Å². The monoisotopic (exact) mass is 310 g/mol. The Bertz CT molecular complexity index is 456. The van der Waals surface area contributed by atoms with E-state index in [-0.39, 0.29) is 34.7 Å². The molecule has 1 aromatic rings. The summed E-state index contributed by atoms with van der Waals surface area (Å²) in [6.07, 6.45) is 4.46. The van der Waals surface area contributed by atoms with Gasteiger partial charge < -0.3 is 19.6 Å². The maximum Gasteiger partial charge on any atom is 1.00 e. The van der Waals surface area contributed by atoms with Crippen molar-refractivity contribution >= 4 is 23.6 Å². The van der Waals surface area contributed by atoms with Crippen LogP contribution in [0.3, 0.4) is 0 Å².